The van der Waals surface area contributed by atoms with Crippen molar-refractivity contribution in [3.8, 4) is 0 Å². The lowest BCUT2D eigenvalue weighted by molar-refractivity contribution is -0.137. The van der Waals surface area contributed by atoms with Gasteiger partial charge in [0.25, 0.3) is 0 Å². The van der Waals surface area contributed by atoms with E-state index in [2.05, 4.69) is 19.2 Å². The van der Waals surface area contributed by atoms with Gasteiger partial charge in [0.1, 0.15) is 0 Å². The minimum absolute atomic E-state index is 0.110. The van der Waals surface area contributed by atoms with Gasteiger partial charge >= 0.3 is 5.97 Å². The minimum Gasteiger partial charge on any atom is -0.481 e. The standard InChI is InChI=1S/C11H19NO2/c1-3-5-6-9(4-2)10(12)7-8-11(13)14/h10H,2-3,5-8,12H2,1H3,(H,13,14). The predicted molar refractivity (Wildman–Crippen MR) is 57.0 cm³/mol. The normalized spacial score (nSPS) is 11.9. The second-order valence-corrected chi connectivity index (χ2v) is 3.34. The van der Waals surface area contributed by atoms with Crippen LogP contribution in [0.3, 0.4) is 0 Å². The molecule has 0 aromatic carbocycles. The summed E-state index contributed by atoms with van der Waals surface area (Å²) in [5.41, 5.74) is 9.58. The van der Waals surface area contributed by atoms with Crippen molar-refractivity contribution in [2.75, 3.05) is 0 Å². The Hall–Kier alpha value is -1.05. The van der Waals surface area contributed by atoms with Crippen LogP contribution in [0.2, 0.25) is 0 Å². The number of carbonyl (C=O) groups is 1. The van der Waals surface area contributed by atoms with Gasteiger partial charge in [0.05, 0.1) is 0 Å². The van der Waals surface area contributed by atoms with Crippen LogP contribution >= 0.6 is 0 Å². The molecule has 0 heterocycles. The van der Waals surface area contributed by atoms with E-state index in [1.807, 2.05) is 0 Å². The van der Waals surface area contributed by atoms with Gasteiger partial charge in [-0.15, -0.1) is 5.73 Å². The van der Waals surface area contributed by atoms with Crippen molar-refractivity contribution in [2.24, 2.45) is 5.73 Å². The number of aliphatic carboxylic acids is 1. The Balaban J connectivity index is 3.99. The third-order valence-corrected chi connectivity index (χ3v) is 2.14. The van der Waals surface area contributed by atoms with E-state index in [9.17, 15) is 4.79 Å². The van der Waals surface area contributed by atoms with E-state index in [0.717, 1.165) is 24.8 Å². The first-order valence-corrected chi connectivity index (χ1v) is 4.98. The van der Waals surface area contributed by atoms with Crippen LogP contribution in [0.5, 0.6) is 0 Å². The molecule has 0 fully saturated rings. The third kappa shape index (κ3) is 5.57. The Bertz CT molecular complexity index is 229. The molecule has 14 heavy (non-hydrogen) atoms. The molecule has 0 saturated heterocycles. The quantitative estimate of drug-likeness (QED) is 0.614. The summed E-state index contributed by atoms with van der Waals surface area (Å²) in [4.78, 5) is 10.3. The molecule has 1 atom stereocenters. The highest BCUT2D eigenvalue weighted by atomic mass is 16.4. The van der Waals surface area contributed by atoms with Crippen molar-refractivity contribution in [2.45, 2.75) is 45.1 Å². The van der Waals surface area contributed by atoms with E-state index in [1.54, 1.807) is 0 Å². The van der Waals surface area contributed by atoms with Crippen LogP contribution < -0.4 is 5.73 Å². The summed E-state index contributed by atoms with van der Waals surface area (Å²) < 4.78 is 0. The molecule has 3 nitrogen and oxygen atoms in total. The molecular weight excluding hydrogens is 178 g/mol. The topological polar surface area (TPSA) is 63.3 Å². The van der Waals surface area contributed by atoms with Crippen LogP contribution in [-0.2, 0) is 4.79 Å². The third-order valence-electron chi connectivity index (χ3n) is 2.14. The summed E-state index contributed by atoms with van der Waals surface area (Å²) in [5, 5.41) is 8.49. The van der Waals surface area contributed by atoms with Crippen molar-refractivity contribution in [3.05, 3.63) is 17.9 Å². The van der Waals surface area contributed by atoms with Gasteiger partial charge in [-0.2, -0.15) is 0 Å². The molecule has 0 amide bonds. The zero-order valence-electron chi connectivity index (χ0n) is 8.75. The first-order valence-electron chi connectivity index (χ1n) is 4.98. The molecule has 0 rings (SSSR count). The van der Waals surface area contributed by atoms with Gasteiger partial charge in [0.2, 0.25) is 0 Å². The van der Waals surface area contributed by atoms with E-state index in [-0.39, 0.29) is 12.5 Å². The van der Waals surface area contributed by atoms with Gasteiger partial charge in [-0.05, 0) is 24.8 Å². The maximum absolute atomic E-state index is 10.3. The summed E-state index contributed by atoms with van der Waals surface area (Å²) in [7, 11) is 0. The Morgan fingerprint density at radius 1 is 1.57 bits per heavy atom. The second kappa shape index (κ2) is 7.36. The second-order valence-electron chi connectivity index (χ2n) is 3.34. The molecule has 0 aliphatic carbocycles. The zero-order valence-corrected chi connectivity index (χ0v) is 8.75. The molecule has 80 valence electrons. The summed E-state index contributed by atoms with van der Waals surface area (Å²) in [6, 6.07) is -0.199. The lowest BCUT2D eigenvalue weighted by Crippen LogP contribution is -2.23. The van der Waals surface area contributed by atoms with Gasteiger partial charge in [-0.3, -0.25) is 4.79 Å². The summed E-state index contributed by atoms with van der Waals surface area (Å²) in [6.07, 6.45) is 3.60. The molecule has 0 aromatic rings. The molecule has 0 bridgehead atoms. The van der Waals surface area contributed by atoms with E-state index in [1.165, 1.54) is 0 Å². The highest BCUT2D eigenvalue weighted by Gasteiger charge is 2.10. The average molecular weight is 197 g/mol. The van der Waals surface area contributed by atoms with Gasteiger partial charge < -0.3 is 10.8 Å². The molecule has 0 aliphatic rings. The van der Waals surface area contributed by atoms with Crippen molar-refractivity contribution >= 4 is 5.97 Å². The fourth-order valence-corrected chi connectivity index (χ4v) is 1.23. The van der Waals surface area contributed by atoms with E-state index in [0.29, 0.717) is 6.42 Å². The SMILES string of the molecule is C=C=C(CCCC)C(N)CCC(=O)O. The smallest absolute Gasteiger partial charge is 0.303 e. The van der Waals surface area contributed by atoms with Crippen molar-refractivity contribution < 1.29 is 9.90 Å². The number of rotatable bonds is 7. The first-order chi connectivity index (χ1) is 6.61. The van der Waals surface area contributed by atoms with E-state index in [4.69, 9.17) is 10.8 Å². The predicted octanol–water partition coefficient (Wildman–Crippen LogP) is 2.08. The zero-order chi connectivity index (χ0) is 11.0. The lowest BCUT2D eigenvalue weighted by atomic mass is 9.99. The highest BCUT2D eigenvalue weighted by Crippen LogP contribution is 2.12. The van der Waals surface area contributed by atoms with Crippen LogP contribution in [0.25, 0.3) is 0 Å². The van der Waals surface area contributed by atoms with Crippen molar-refractivity contribution in [1.29, 1.82) is 0 Å². The Morgan fingerprint density at radius 2 is 2.21 bits per heavy atom. The van der Waals surface area contributed by atoms with Crippen molar-refractivity contribution in [3.63, 3.8) is 0 Å². The molecule has 0 aromatic heterocycles. The number of carboxylic acid groups (broad SMARTS) is 1. The van der Waals surface area contributed by atoms with Crippen LogP contribution in [0.15, 0.2) is 17.9 Å². The van der Waals surface area contributed by atoms with E-state index >= 15 is 0 Å². The Kier molecular flexibility index (Phi) is 6.81. The Labute approximate surface area is 85.3 Å². The molecule has 0 radical (unpaired) electrons. The lowest BCUT2D eigenvalue weighted by Gasteiger charge is -2.12. The fourth-order valence-electron chi connectivity index (χ4n) is 1.23. The molecule has 0 aliphatic heterocycles. The fraction of sp³-hybridized carbons (Fsp3) is 0.636. The monoisotopic (exact) mass is 197 g/mol. The molecular formula is C11H19NO2. The van der Waals surface area contributed by atoms with Gasteiger partial charge in [0.15, 0.2) is 0 Å². The van der Waals surface area contributed by atoms with Crippen LogP contribution in [0.1, 0.15) is 39.0 Å². The molecule has 1 unspecified atom stereocenters. The number of unbranched alkanes of at least 4 members (excludes halogenated alkanes) is 1. The minimum atomic E-state index is -0.806. The number of hydrogen-bond donors (Lipinski definition) is 2. The van der Waals surface area contributed by atoms with Gasteiger partial charge in [-0.1, -0.05) is 19.9 Å². The number of nitrogens with two attached hydrogens (primary N) is 1. The molecule has 3 heteroatoms. The first kappa shape index (κ1) is 12.9. The molecule has 0 saturated carbocycles. The van der Waals surface area contributed by atoms with Gasteiger partial charge in [-0.25, -0.2) is 0 Å². The van der Waals surface area contributed by atoms with Crippen molar-refractivity contribution in [1.82, 2.24) is 0 Å². The van der Waals surface area contributed by atoms with Crippen LogP contribution in [0, 0.1) is 0 Å². The molecule has 3 N–H and O–H groups in total. The molecule has 0 spiro atoms. The summed E-state index contributed by atoms with van der Waals surface area (Å²) in [5.74, 6) is -0.806. The summed E-state index contributed by atoms with van der Waals surface area (Å²) in [6.45, 7) is 5.67. The summed E-state index contributed by atoms with van der Waals surface area (Å²) >= 11 is 0. The van der Waals surface area contributed by atoms with Crippen LogP contribution in [-0.4, -0.2) is 17.1 Å². The van der Waals surface area contributed by atoms with E-state index < -0.39 is 5.97 Å². The van der Waals surface area contributed by atoms with Crippen LogP contribution in [0.4, 0.5) is 0 Å². The number of hydrogen-bond acceptors (Lipinski definition) is 2. The van der Waals surface area contributed by atoms with Gasteiger partial charge in [0, 0.05) is 12.5 Å². The Morgan fingerprint density at radius 3 is 2.64 bits per heavy atom. The number of carboxylic acids is 1. The maximum atomic E-state index is 10.3. The highest BCUT2D eigenvalue weighted by molar-refractivity contribution is 5.66. The maximum Gasteiger partial charge on any atom is 0.303 e. The largest absolute Gasteiger partial charge is 0.481 e. The average Bonchev–Trinajstić information content (AvgIpc) is 2.16.